The summed E-state index contributed by atoms with van der Waals surface area (Å²) >= 11 is 0. The Labute approximate surface area is 148 Å². The van der Waals surface area contributed by atoms with Crippen molar-refractivity contribution in [2.45, 2.75) is 45.2 Å². The minimum atomic E-state index is -0.229. The molecule has 0 unspecified atom stereocenters. The van der Waals surface area contributed by atoms with E-state index < -0.39 is 0 Å². The van der Waals surface area contributed by atoms with Crippen LogP contribution in [0.1, 0.15) is 32.3 Å². The molecule has 5 rings (SSSR count). The molecule has 0 spiro atoms. The summed E-state index contributed by atoms with van der Waals surface area (Å²) in [6.07, 6.45) is 6.81. The second-order valence-electron chi connectivity index (χ2n) is 7.25. The predicted octanol–water partition coefficient (Wildman–Crippen LogP) is 3.74. The molecule has 3 aliphatic rings. The van der Waals surface area contributed by atoms with Gasteiger partial charge in [0.05, 0.1) is 0 Å². The van der Waals surface area contributed by atoms with Gasteiger partial charge in [-0.15, -0.1) is 0 Å². The summed E-state index contributed by atoms with van der Waals surface area (Å²) in [6, 6.07) is 6.14. The van der Waals surface area contributed by atoms with Crippen LogP contribution in [-0.2, 0) is 6.42 Å². The van der Waals surface area contributed by atoms with Gasteiger partial charge in [-0.05, 0) is 62.9 Å². The maximum Gasteiger partial charge on any atom is 0.222 e. The van der Waals surface area contributed by atoms with Gasteiger partial charge < -0.3 is 5.32 Å². The molecule has 4 heterocycles. The van der Waals surface area contributed by atoms with Crippen molar-refractivity contribution in [2.24, 2.45) is 5.92 Å². The van der Waals surface area contributed by atoms with Crippen LogP contribution >= 0.6 is 0 Å². The molecule has 3 aliphatic heterocycles. The number of piperidine rings is 3. The Morgan fingerprint density at radius 2 is 1.92 bits per heavy atom. The second kappa shape index (κ2) is 6.71. The first-order valence-electron chi connectivity index (χ1n) is 9.27. The van der Waals surface area contributed by atoms with Crippen LogP contribution in [0.4, 0.5) is 10.3 Å². The lowest BCUT2D eigenvalue weighted by atomic mass is 9.79. The number of aryl methyl sites for hydroxylation is 1. The lowest BCUT2D eigenvalue weighted by molar-refractivity contribution is 0.0455. The molecule has 0 aliphatic carbocycles. The van der Waals surface area contributed by atoms with Crippen LogP contribution in [0.5, 0.6) is 0 Å². The number of anilines is 1. The molecule has 132 valence electrons. The second-order valence-corrected chi connectivity index (χ2v) is 7.25. The lowest BCUT2D eigenvalue weighted by Gasteiger charge is -2.49. The number of nitrogens with one attached hydrogen (secondary N) is 1. The molecule has 1 N–H and O–H groups in total. The largest absolute Gasteiger partial charge is 0.350 e. The standard InChI is InChI=1S/C20H25FN4/c1-3-14-4-5-18(21)17(10-14)16-11-22-20(23-12-16)24-19-13(2)25-8-6-15(19)7-9-25/h4-5,10-13,15,19H,3,6-9H2,1-2H3,(H,22,23,24)/t13-,19+/m1/s1. The summed E-state index contributed by atoms with van der Waals surface area (Å²) in [4.78, 5) is 11.5. The van der Waals surface area contributed by atoms with E-state index in [0.29, 0.717) is 29.5 Å². The number of hydrogen-bond acceptors (Lipinski definition) is 4. The van der Waals surface area contributed by atoms with Gasteiger partial charge >= 0.3 is 0 Å². The van der Waals surface area contributed by atoms with Crippen molar-refractivity contribution in [1.29, 1.82) is 0 Å². The fourth-order valence-corrected chi connectivity index (χ4v) is 4.25. The van der Waals surface area contributed by atoms with Crippen LogP contribution in [0.2, 0.25) is 0 Å². The van der Waals surface area contributed by atoms with E-state index in [-0.39, 0.29) is 5.82 Å². The third kappa shape index (κ3) is 3.13. The molecule has 0 saturated carbocycles. The van der Waals surface area contributed by atoms with E-state index in [4.69, 9.17) is 0 Å². The van der Waals surface area contributed by atoms with E-state index >= 15 is 0 Å². The molecule has 0 radical (unpaired) electrons. The highest BCUT2D eigenvalue weighted by Crippen LogP contribution is 2.33. The maximum atomic E-state index is 14.1. The third-order valence-corrected chi connectivity index (χ3v) is 5.88. The van der Waals surface area contributed by atoms with Crippen molar-refractivity contribution >= 4 is 5.95 Å². The Balaban J connectivity index is 1.53. The summed E-state index contributed by atoms with van der Waals surface area (Å²) in [5, 5.41) is 3.52. The summed E-state index contributed by atoms with van der Waals surface area (Å²) in [7, 11) is 0. The van der Waals surface area contributed by atoms with Crippen molar-refractivity contribution in [2.75, 3.05) is 18.4 Å². The zero-order valence-corrected chi connectivity index (χ0v) is 14.9. The molecule has 25 heavy (non-hydrogen) atoms. The molecule has 3 fully saturated rings. The van der Waals surface area contributed by atoms with Gasteiger partial charge in [-0.25, -0.2) is 14.4 Å². The summed E-state index contributed by atoms with van der Waals surface area (Å²) in [5.41, 5.74) is 2.40. The van der Waals surface area contributed by atoms with Gasteiger partial charge in [0.15, 0.2) is 0 Å². The molecule has 3 saturated heterocycles. The van der Waals surface area contributed by atoms with Crippen LogP contribution in [0.15, 0.2) is 30.6 Å². The molecule has 1 aromatic carbocycles. The quantitative estimate of drug-likeness (QED) is 0.920. The summed E-state index contributed by atoms with van der Waals surface area (Å²) < 4.78 is 14.1. The van der Waals surface area contributed by atoms with Crippen molar-refractivity contribution in [3.05, 3.63) is 42.0 Å². The smallest absolute Gasteiger partial charge is 0.222 e. The fraction of sp³-hybridized carbons (Fsp3) is 0.500. The number of rotatable bonds is 4. The first-order valence-corrected chi connectivity index (χ1v) is 9.27. The molecule has 1 aromatic heterocycles. The van der Waals surface area contributed by atoms with E-state index in [9.17, 15) is 4.39 Å². The van der Waals surface area contributed by atoms with Crippen molar-refractivity contribution in [1.82, 2.24) is 14.9 Å². The first kappa shape index (κ1) is 16.5. The summed E-state index contributed by atoms with van der Waals surface area (Å²) in [5.74, 6) is 1.11. The molecule has 2 atom stereocenters. The van der Waals surface area contributed by atoms with Crippen LogP contribution in [-0.4, -0.2) is 40.0 Å². The number of hydrogen-bond donors (Lipinski definition) is 1. The minimum absolute atomic E-state index is 0.229. The van der Waals surface area contributed by atoms with Crippen LogP contribution < -0.4 is 5.32 Å². The van der Waals surface area contributed by atoms with E-state index in [1.54, 1.807) is 12.4 Å². The van der Waals surface area contributed by atoms with Gasteiger partial charge in [0.1, 0.15) is 5.82 Å². The highest BCUT2D eigenvalue weighted by molar-refractivity contribution is 5.63. The molecule has 0 amide bonds. The van der Waals surface area contributed by atoms with Gasteiger partial charge in [-0.3, -0.25) is 4.90 Å². The average Bonchev–Trinajstić information content (AvgIpc) is 2.66. The van der Waals surface area contributed by atoms with Crippen LogP contribution in [0.3, 0.4) is 0 Å². The van der Waals surface area contributed by atoms with Crippen molar-refractivity contribution in [3.8, 4) is 11.1 Å². The number of nitrogens with zero attached hydrogens (tertiary/aromatic N) is 3. The zero-order valence-electron chi connectivity index (χ0n) is 14.9. The monoisotopic (exact) mass is 340 g/mol. The molecule has 5 heteroatoms. The van der Waals surface area contributed by atoms with Gasteiger partial charge in [-0.2, -0.15) is 0 Å². The molecular weight excluding hydrogens is 315 g/mol. The molecule has 2 bridgehead atoms. The molecular formula is C20H25FN4. The predicted molar refractivity (Wildman–Crippen MR) is 98.0 cm³/mol. The lowest BCUT2D eigenvalue weighted by Crippen LogP contribution is -2.59. The van der Waals surface area contributed by atoms with Crippen LogP contribution in [0, 0.1) is 11.7 Å². The normalized spacial score (nSPS) is 28.1. The van der Waals surface area contributed by atoms with Crippen molar-refractivity contribution < 1.29 is 4.39 Å². The summed E-state index contributed by atoms with van der Waals surface area (Å²) in [6.45, 7) is 6.76. The number of aromatic nitrogens is 2. The topological polar surface area (TPSA) is 41.1 Å². The van der Waals surface area contributed by atoms with Gasteiger partial charge in [0, 0.05) is 35.6 Å². The highest BCUT2D eigenvalue weighted by atomic mass is 19.1. The van der Waals surface area contributed by atoms with E-state index in [1.165, 1.54) is 32.0 Å². The maximum absolute atomic E-state index is 14.1. The Hall–Kier alpha value is -2.01. The average molecular weight is 340 g/mol. The minimum Gasteiger partial charge on any atom is -0.350 e. The fourth-order valence-electron chi connectivity index (χ4n) is 4.25. The third-order valence-electron chi connectivity index (χ3n) is 5.88. The first-order chi connectivity index (χ1) is 12.2. The Kier molecular flexibility index (Phi) is 4.42. The molecule has 2 aromatic rings. The number of halogens is 1. The highest BCUT2D eigenvalue weighted by Gasteiger charge is 2.39. The van der Waals surface area contributed by atoms with Gasteiger partial charge in [0.2, 0.25) is 5.95 Å². The Bertz CT molecular complexity index is 736. The Morgan fingerprint density at radius 3 is 2.56 bits per heavy atom. The van der Waals surface area contributed by atoms with Gasteiger partial charge in [-0.1, -0.05) is 13.0 Å². The van der Waals surface area contributed by atoms with Crippen molar-refractivity contribution in [3.63, 3.8) is 0 Å². The zero-order chi connectivity index (χ0) is 17.4. The van der Waals surface area contributed by atoms with E-state index in [2.05, 4.69) is 34.0 Å². The SMILES string of the molecule is CCc1ccc(F)c(-c2cnc(N[C@@H]3C4CCN(CC4)[C@@H]3C)nc2)c1. The van der Waals surface area contributed by atoms with Gasteiger partial charge in [0.25, 0.3) is 0 Å². The Morgan fingerprint density at radius 1 is 1.20 bits per heavy atom. The number of fused-ring (bicyclic) bond motifs is 3. The van der Waals surface area contributed by atoms with E-state index in [0.717, 1.165) is 17.5 Å². The number of benzene rings is 1. The van der Waals surface area contributed by atoms with E-state index in [1.807, 2.05) is 12.1 Å². The molecule has 4 nitrogen and oxygen atoms in total. The van der Waals surface area contributed by atoms with Crippen LogP contribution in [0.25, 0.3) is 11.1 Å².